The third kappa shape index (κ3) is 2.10. The third-order valence-corrected chi connectivity index (χ3v) is 3.05. The molecular formula is C11H13ClN2O3. The number of carbonyl (C=O) groups excluding carboxylic acids is 1. The van der Waals surface area contributed by atoms with E-state index in [1.165, 1.54) is 7.11 Å². The van der Waals surface area contributed by atoms with Gasteiger partial charge in [0.05, 0.1) is 25.3 Å². The highest BCUT2D eigenvalue weighted by atomic mass is 35.5. The van der Waals surface area contributed by atoms with Gasteiger partial charge in [-0.1, -0.05) is 17.7 Å². The van der Waals surface area contributed by atoms with Gasteiger partial charge in [0.25, 0.3) is 0 Å². The molecule has 1 aromatic carbocycles. The van der Waals surface area contributed by atoms with Gasteiger partial charge < -0.3 is 20.1 Å². The predicted octanol–water partition coefficient (Wildman–Crippen LogP) is 1.71. The number of amides is 2. The molecule has 0 spiro atoms. The molecule has 1 atom stereocenters. The molecule has 2 amide bonds. The molecule has 1 heterocycles. The Balaban J connectivity index is 2.38. The smallest absolute Gasteiger partial charge is 0.315 e. The second-order valence-electron chi connectivity index (χ2n) is 3.61. The fourth-order valence-electron chi connectivity index (χ4n) is 1.82. The predicted molar refractivity (Wildman–Crippen MR) is 63.8 cm³/mol. The van der Waals surface area contributed by atoms with Crippen LogP contribution >= 0.6 is 11.6 Å². The Morgan fingerprint density at radius 2 is 2.12 bits per heavy atom. The molecule has 1 aromatic rings. The summed E-state index contributed by atoms with van der Waals surface area (Å²) in [7, 11) is 3.08. The van der Waals surface area contributed by atoms with Gasteiger partial charge in [-0.3, -0.25) is 0 Å². The van der Waals surface area contributed by atoms with Gasteiger partial charge in [-0.2, -0.15) is 0 Å². The number of urea groups is 1. The van der Waals surface area contributed by atoms with Gasteiger partial charge in [0, 0.05) is 6.54 Å². The maximum Gasteiger partial charge on any atom is 0.315 e. The van der Waals surface area contributed by atoms with E-state index in [2.05, 4.69) is 10.6 Å². The number of benzene rings is 1. The van der Waals surface area contributed by atoms with Gasteiger partial charge in [-0.15, -0.1) is 0 Å². The van der Waals surface area contributed by atoms with E-state index in [1.54, 1.807) is 13.2 Å². The molecule has 1 aliphatic rings. The number of carbonyl (C=O) groups is 1. The SMILES string of the molecule is COc1ccc([C@@H]2CNC(=O)N2)c(Cl)c1OC. The minimum absolute atomic E-state index is 0.144. The first-order valence-corrected chi connectivity index (χ1v) is 5.50. The molecule has 2 rings (SSSR count). The van der Waals surface area contributed by atoms with Gasteiger partial charge in [0.15, 0.2) is 11.5 Å². The van der Waals surface area contributed by atoms with E-state index >= 15 is 0 Å². The van der Waals surface area contributed by atoms with Crippen molar-refractivity contribution in [3.05, 3.63) is 22.7 Å². The molecule has 1 fully saturated rings. The molecule has 0 unspecified atom stereocenters. The molecule has 6 heteroatoms. The van der Waals surface area contributed by atoms with Gasteiger partial charge >= 0.3 is 6.03 Å². The summed E-state index contributed by atoms with van der Waals surface area (Å²) in [6.07, 6.45) is 0. The first-order chi connectivity index (χ1) is 8.17. The van der Waals surface area contributed by atoms with Crippen molar-refractivity contribution in [1.82, 2.24) is 10.6 Å². The molecule has 1 aliphatic heterocycles. The Morgan fingerprint density at radius 1 is 1.35 bits per heavy atom. The summed E-state index contributed by atoms with van der Waals surface area (Å²) < 4.78 is 10.3. The summed E-state index contributed by atoms with van der Waals surface area (Å²) in [6.45, 7) is 0.508. The van der Waals surface area contributed by atoms with Gasteiger partial charge in [-0.05, 0) is 11.6 Å². The van der Waals surface area contributed by atoms with E-state index in [-0.39, 0.29) is 12.1 Å². The number of rotatable bonds is 3. The van der Waals surface area contributed by atoms with Crippen LogP contribution in [-0.4, -0.2) is 26.8 Å². The van der Waals surface area contributed by atoms with E-state index in [0.29, 0.717) is 23.1 Å². The summed E-state index contributed by atoms with van der Waals surface area (Å²) in [4.78, 5) is 11.1. The highest BCUT2D eigenvalue weighted by Gasteiger charge is 2.26. The Morgan fingerprint density at radius 3 is 2.65 bits per heavy atom. The molecule has 1 saturated heterocycles. The van der Waals surface area contributed by atoms with E-state index in [1.807, 2.05) is 6.07 Å². The van der Waals surface area contributed by atoms with Crippen LogP contribution < -0.4 is 20.1 Å². The van der Waals surface area contributed by atoms with Gasteiger partial charge in [0.2, 0.25) is 0 Å². The largest absolute Gasteiger partial charge is 0.493 e. The van der Waals surface area contributed by atoms with Gasteiger partial charge in [0.1, 0.15) is 0 Å². The lowest BCUT2D eigenvalue weighted by molar-refractivity contribution is 0.247. The number of hydrogen-bond donors (Lipinski definition) is 2. The van der Waals surface area contributed by atoms with Crippen LogP contribution in [0.1, 0.15) is 11.6 Å². The number of nitrogens with one attached hydrogen (secondary N) is 2. The van der Waals surface area contributed by atoms with Crippen molar-refractivity contribution >= 4 is 17.6 Å². The molecule has 92 valence electrons. The van der Waals surface area contributed by atoms with Gasteiger partial charge in [-0.25, -0.2) is 4.79 Å². The van der Waals surface area contributed by atoms with E-state index in [0.717, 1.165) is 5.56 Å². The zero-order valence-corrected chi connectivity index (χ0v) is 10.3. The average Bonchev–Trinajstić information content (AvgIpc) is 2.75. The highest BCUT2D eigenvalue weighted by molar-refractivity contribution is 6.33. The number of ether oxygens (including phenoxy) is 2. The summed E-state index contributed by atoms with van der Waals surface area (Å²) in [6, 6.07) is 3.25. The van der Waals surface area contributed by atoms with Crippen molar-refractivity contribution in [3.63, 3.8) is 0 Å². The van der Waals surface area contributed by atoms with Crippen LogP contribution in [0.15, 0.2) is 12.1 Å². The number of hydrogen-bond acceptors (Lipinski definition) is 3. The fourth-order valence-corrected chi connectivity index (χ4v) is 2.18. The summed E-state index contributed by atoms with van der Waals surface area (Å²) in [5, 5.41) is 5.91. The molecule has 0 saturated carbocycles. The van der Waals surface area contributed by atoms with E-state index in [9.17, 15) is 4.79 Å². The summed E-state index contributed by atoms with van der Waals surface area (Å²) >= 11 is 6.24. The maximum atomic E-state index is 11.1. The molecule has 0 bridgehead atoms. The van der Waals surface area contributed by atoms with E-state index in [4.69, 9.17) is 21.1 Å². The van der Waals surface area contributed by atoms with Crippen molar-refractivity contribution in [2.24, 2.45) is 0 Å². The minimum atomic E-state index is -0.194. The topological polar surface area (TPSA) is 59.6 Å². The van der Waals surface area contributed by atoms with Crippen molar-refractivity contribution in [1.29, 1.82) is 0 Å². The normalized spacial score (nSPS) is 18.5. The molecule has 2 N–H and O–H groups in total. The number of methoxy groups -OCH3 is 2. The van der Waals surface area contributed by atoms with Crippen LogP contribution in [0.5, 0.6) is 11.5 Å². The zero-order chi connectivity index (χ0) is 12.4. The minimum Gasteiger partial charge on any atom is -0.493 e. The first-order valence-electron chi connectivity index (χ1n) is 5.12. The number of halogens is 1. The molecule has 17 heavy (non-hydrogen) atoms. The van der Waals surface area contributed by atoms with Crippen LogP contribution in [0, 0.1) is 0 Å². The standard InChI is InChI=1S/C11H13ClN2O3/c1-16-8-4-3-6(9(12)10(8)17-2)7-5-13-11(15)14-7/h3-4,7H,5H2,1-2H3,(H2,13,14,15)/t7-/m0/s1. The molecular weight excluding hydrogens is 244 g/mol. The Kier molecular flexibility index (Phi) is 3.28. The van der Waals surface area contributed by atoms with Crippen LogP contribution in [0.3, 0.4) is 0 Å². The molecule has 5 nitrogen and oxygen atoms in total. The third-order valence-electron chi connectivity index (χ3n) is 2.66. The molecule has 0 aliphatic carbocycles. The molecule has 0 aromatic heterocycles. The second kappa shape index (κ2) is 4.71. The Bertz CT molecular complexity index is 451. The quantitative estimate of drug-likeness (QED) is 0.866. The molecule has 0 radical (unpaired) electrons. The van der Waals surface area contributed by atoms with Crippen molar-refractivity contribution in [3.8, 4) is 11.5 Å². The van der Waals surface area contributed by atoms with Crippen LogP contribution in [-0.2, 0) is 0 Å². The maximum absolute atomic E-state index is 11.1. The Labute approximate surface area is 104 Å². The first kappa shape index (κ1) is 11.9. The van der Waals surface area contributed by atoms with Crippen molar-refractivity contribution < 1.29 is 14.3 Å². The van der Waals surface area contributed by atoms with Crippen molar-refractivity contribution in [2.45, 2.75) is 6.04 Å². The lowest BCUT2D eigenvalue weighted by Crippen LogP contribution is -2.21. The highest BCUT2D eigenvalue weighted by Crippen LogP contribution is 2.39. The monoisotopic (exact) mass is 256 g/mol. The fraction of sp³-hybridized carbons (Fsp3) is 0.364. The summed E-state index contributed by atoms with van der Waals surface area (Å²) in [5.74, 6) is 1.05. The Hall–Kier alpha value is -1.62. The van der Waals surface area contributed by atoms with Crippen LogP contribution in [0.2, 0.25) is 5.02 Å². The zero-order valence-electron chi connectivity index (χ0n) is 9.54. The van der Waals surface area contributed by atoms with Crippen LogP contribution in [0.25, 0.3) is 0 Å². The van der Waals surface area contributed by atoms with E-state index < -0.39 is 0 Å². The average molecular weight is 257 g/mol. The second-order valence-corrected chi connectivity index (χ2v) is 3.99. The lowest BCUT2D eigenvalue weighted by Gasteiger charge is -2.16. The summed E-state index contributed by atoms with van der Waals surface area (Å²) in [5.41, 5.74) is 0.808. The lowest BCUT2D eigenvalue weighted by atomic mass is 10.1. The van der Waals surface area contributed by atoms with Crippen LogP contribution in [0.4, 0.5) is 4.79 Å². The van der Waals surface area contributed by atoms with Crippen molar-refractivity contribution in [2.75, 3.05) is 20.8 Å².